The number of rotatable bonds is 7. The lowest BCUT2D eigenvalue weighted by atomic mass is 9.98. The summed E-state index contributed by atoms with van der Waals surface area (Å²) in [7, 11) is -3.49. The van der Waals surface area contributed by atoms with Gasteiger partial charge in [0.05, 0.1) is 17.0 Å². The van der Waals surface area contributed by atoms with Crippen LogP contribution in [0.4, 0.5) is 5.69 Å². The van der Waals surface area contributed by atoms with Crippen LogP contribution in [-0.4, -0.2) is 38.6 Å². The summed E-state index contributed by atoms with van der Waals surface area (Å²) in [6.45, 7) is 5.87. The van der Waals surface area contributed by atoms with E-state index in [4.69, 9.17) is 11.6 Å². The molecule has 0 bridgehead atoms. The van der Waals surface area contributed by atoms with Crippen LogP contribution in [0.15, 0.2) is 42.5 Å². The number of piperidine rings is 1. The van der Waals surface area contributed by atoms with Crippen LogP contribution in [-0.2, 0) is 23.1 Å². The number of hydrogen-bond donors (Lipinski definition) is 2. The zero-order valence-electron chi connectivity index (χ0n) is 17.3. The van der Waals surface area contributed by atoms with Crippen molar-refractivity contribution in [2.75, 3.05) is 24.1 Å². The van der Waals surface area contributed by atoms with E-state index >= 15 is 0 Å². The molecule has 1 amide bonds. The monoisotopic (exact) mass is 449 g/mol. The van der Waals surface area contributed by atoms with Crippen molar-refractivity contribution in [3.8, 4) is 0 Å². The Morgan fingerprint density at radius 2 is 1.83 bits per heavy atom. The van der Waals surface area contributed by atoms with Gasteiger partial charge in [0.1, 0.15) is 0 Å². The number of benzene rings is 2. The molecule has 0 radical (unpaired) electrons. The summed E-state index contributed by atoms with van der Waals surface area (Å²) in [4.78, 5) is 15.0. The highest BCUT2D eigenvalue weighted by Crippen LogP contribution is 2.24. The van der Waals surface area contributed by atoms with Gasteiger partial charge >= 0.3 is 0 Å². The molecule has 1 saturated heterocycles. The first-order valence-corrected chi connectivity index (χ1v) is 12.3. The van der Waals surface area contributed by atoms with Gasteiger partial charge in [-0.1, -0.05) is 42.8 Å². The minimum absolute atomic E-state index is 0.185. The first-order valence-electron chi connectivity index (χ1n) is 10.1. The Morgan fingerprint density at radius 1 is 1.13 bits per heavy atom. The van der Waals surface area contributed by atoms with Crippen molar-refractivity contribution in [2.45, 2.75) is 32.9 Å². The molecule has 8 heteroatoms. The summed E-state index contributed by atoms with van der Waals surface area (Å²) in [5, 5.41) is 3.12. The number of nitrogens with one attached hydrogen (secondary N) is 2. The number of sulfonamides is 1. The van der Waals surface area contributed by atoms with Gasteiger partial charge in [0.15, 0.2) is 0 Å². The number of carbonyl (C=O) groups excluding carboxylic acids is 1. The van der Waals surface area contributed by atoms with Gasteiger partial charge in [-0.2, -0.15) is 0 Å². The zero-order chi connectivity index (χ0) is 21.7. The van der Waals surface area contributed by atoms with E-state index in [0.717, 1.165) is 37.4 Å². The van der Waals surface area contributed by atoms with E-state index in [9.17, 15) is 13.2 Å². The third-order valence-electron chi connectivity index (χ3n) is 5.25. The molecule has 2 aromatic carbocycles. The largest absolute Gasteiger partial charge is 0.348 e. The highest BCUT2D eigenvalue weighted by atomic mass is 35.5. The van der Waals surface area contributed by atoms with E-state index in [1.165, 1.54) is 30.5 Å². The van der Waals surface area contributed by atoms with E-state index in [2.05, 4.69) is 34.0 Å². The Balaban J connectivity index is 1.60. The molecule has 1 aliphatic rings. The van der Waals surface area contributed by atoms with E-state index in [1.807, 2.05) is 12.1 Å². The lowest BCUT2D eigenvalue weighted by molar-refractivity contribution is 0.0951. The Hall–Kier alpha value is -2.09. The molecular weight excluding hydrogens is 422 g/mol. The number of likely N-dealkylation sites (tertiary alicyclic amines) is 1. The number of carbonyl (C=O) groups is 1. The fourth-order valence-corrected chi connectivity index (χ4v) is 4.33. The van der Waals surface area contributed by atoms with Gasteiger partial charge in [0.25, 0.3) is 5.91 Å². The average Bonchev–Trinajstić information content (AvgIpc) is 2.69. The summed E-state index contributed by atoms with van der Waals surface area (Å²) in [6, 6.07) is 12.7. The molecule has 162 valence electrons. The molecule has 0 aromatic heterocycles. The average molecular weight is 450 g/mol. The van der Waals surface area contributed by atoms with Gasteiger partial charge in [-0.25, -0.2) is 8.42 Å². The van der Waals surface area contributed by atoms with Crippen molar-refractivity contribution in [2.24, 2.45) is 5.92 Å². The minimum atomic E-state index is -3.49. The van der Waals surface area contributed by atoms with Crippen LogP contribution in [0.2, 0.25) is 5.02 Å². The van der Waals surface area contributed by atoms with Gasteiger partial charge in [-0.3, -0.25) is 14.4 Å². The molecule has 6 nitrogen and oxygen atoms in total. The molecule has 1 fully saturated rings. The standard InChI is InChI=1S/C22H28ClN3O3S/c1-16-8-10-26(11-9-16)15-18-5-3-4-17(12-18)14-24-22(27)19-6-7-20(23)21(13-19)25-30(2,28)29/h3-7,12-13,16,25H,8-11,14-15H2,1-2H3,(H,24,27). The SMILES string of the molecule is CC1CCN(Cc2cccc(CNC(=O)c3ccc(Cl)c(NS(C)(=O)=O)c3)c2)CC1. The second-order valence-corrected chi connectivity index (χ2v) is 10.2. The molecule has 1 heterocycles. The maximum atomic E-state index is 12.5. The summed E-state index contributed by atoms with van der Waals surface area (Å²) < 4.78 is 25.2. The predicted molar refractivity (Wildman–Crippen MR) is 121 cm³/mol. The summed E-state index contributed by atoms with van der Waals surface area (Å²) in [6.07, 6.45) is 3.52. The van der Waals surface area contributed by atoms with Crippen LogP contribution in [0, 0.1) is 5.92 Å². The fraction of sp³-hybridized carbons (Fsp3) is 0.409. The molecule has 3 rings (SSSR count). The molecule has 1 aliphatic heterocycles. The van der Waals surface area contributed by atoms with Gasteiger partial charge in [-0.05, 0) is 61.2 Å². The van der Waals surface area contributed by atoms with E-state index in [1.54, 1.807) is 6.07 Å². The van der Waals surface area contributed by atoms with E-state index in [-0.39, 0.29) is 16.6 Å². The van der Waals surface area contributed by atoms with Crippen LogP contribution >= 0.6 is 11.6 Å². The van der Waals surface area contributed by atoms with Crippen molar-refractivity contribution in [3.05, 3.63) is 64.2 Å². The summed E-state index contributed by atoms with van der Waals surface area (Å²) >= 11 is 6.02. The highest BCUT2D eigenvalue weighted by molar-refractivity contribution is 7.92. The second kappa shape index (κ2) is 9.81. The lowest BCUT2D eigenvalue weighted by Crippen LogP contribution is -2.32. The topological polar surface area (TPSA) is 78.5 Å². The molecule has 0 spiro atoms. The molecule has 0 saturated carbocycles. The van der Waals surface area contributed by atoms with Crippen molar-refractivity contribution in [3.63, 3.8) is 0 Å². The Labute approximate surface area is 183 Å². The smallest absolute Gasteiger partial charge is 0.251 e. The number of hydrogen-bond acceptors (Lipinski definition) is 4. The van der Waals surface area contributed by atoms with Crippen molar-refractivity contribution in [1.29, 1.82) is 0 Å². The van der Waals surface area contributed by atoms with Crippen molar-refractivity contribution >= 4 is 33.2 Å². The third-order valence-corrected chi connectivity index (χ3v) is 6.17. The molecule has 0 atom stereocenters. The maximum Gasteiger partial charge on any atom is 0.251 e. The molecule has 0 unspecified atom stereocenters. The normalized spacial score (nSPS) is 15.7. The fourth-order valence-electron chi connectivity index (χ4n) is 3.55. The molecule has 0 aliphatic carbocycles. The van der Waals surface area contributed by atoms with E-state index in [0.29, 0.717) is 12.1 Å². The van der Waals surface area contributed by atoms with Crippen LogP contribution < -0.4 is 10.0 Å². The van der Waals surface area contributed by atoms with Gasteiger partial charge in [0.2, 0.25) is 10.0 Å². The quantitative estimate of drug-likeness (QED) is 0.672. The van der Waals surface area contributed by atoms with Crippen molar-refractivity contribution in [1.82, 2.24) is 10.2 Å². The van der Waals surface area contributed by atoms with Crippen LogP contribution in [0.3, 0.4) is 0 Å². The highest BCUT2D eigenvalue weighted by Gasteiger charge is 2.16. The van der Waals surface area contributed by atoms with Gasteiger partial charge in [0, 0.05) is 18.7 Å². The molecular formula is C22H28ClN3O3S. The van der Waals surface area contributed by atoms with Crippen LogP contribution in [0.1, 0.15) is 41.3 Å². The van der Waals surface area contributed by atoms with Crippen molar-refractivity contribution < 1.29 is 13.2 Å². The van der Waals surface area contributed by atoms with Gasteiger partial charge in [-0.15, -0.1) is 0 Å². The maximum absolute atomic E-state index is 12.5. The summed E-state index contributed by atoms with van der Waals surface area (Å²) in [5.41, 5.74) is 2.78. The third kappa shape index (κ3) is 6.72. The molecule has 2 aromatic rings. The Kier molecular flexibility index (Phi) is 7.39. The van der Waals surface area contributed by atoms with Crippen LogP contribution in [0.5, 0.6) is 0 Å². The van der Waals surface area contributed by atoms with E-state index < -0.39 is 10.0 Å². The molecule has 30 heavy (non-hydrogen) atoms. The first kappa shape index (κ1) is 22.6. The predicted octanol–water partition coefficient (Wildman–Crippen LogP) is 3.87. The van der Waals surface area contributed by atoms with Gasteiger partial charge < -0.3 is 5.32 Å². The number of anilines is 1. The number of nitrogens with zero attached hydrogens (tertiary/aromatic N) is 1. The zero-order valence-corrected chi connectivity index (χ0v) is 18.9. The molecule has 2 N–H and O–H groups in total. The number of halogens is 1. The second-order valence-electron chi connectivity index (χ2n) is 8.03. The lowest BCUT2D eigenvalue weighted by Gasteiger charge is -2.30. The van der Waals surface area contributed by atoms with Crippen LogP contribution in [0.25, 0.3) is 0 Å². The minimum Gasteiger partial charge on any atom is -0.348 e. The first-order chi connectivity index (χ1) is 14.2. The summed E-state index contributed by atoms with van der Waals surface area (Å²) in [5.74, 6) is 0.516. The Bertz CT molecular complexity index is 1000. The number of amides is 1. The Morgan fingerprint density at radius 3 is 2.53 bits per heavy atom.